The lowest BCUT2D eigenvalue weighted by Gasteiger charge is -2.32. The topological polar surface area (TPSA) is 66.8 Å². The number of unbranched alkanes of at least 4 members (excludes halogenated alkanes) is 1. The first kappa shape index (κ1) is 15.5. The number of aryl methyl sites for hydroxylation is 1. The Morgan fingerprint density at radius 3 is 2.67 bits per heavy atom. The van der Waals surface area contributed by atoms with Crippen molar-refractivity contribution < 1.29 is 19.4 Å². The molecule has 0 bridgehead atoms. The Morgan fingerprint density at radius 2 is 2.05 bits per heavy atom. The zero-order valence-corrected chi connectivity index (χ0v) is 12.2. The van der Waals surface area contributed by atoms with Gasteiger partial charge < -0.3 is 14.7 Å². The van der Waals surface area contributed by atoms with Crippen LogP contribution in [0.1, 0.15) is 35.7 Å². The van der Waals surface area contributed by atoms with Crippen molar-refractivity contribution in [2.45, 2.75) is 32.2 Å². The number of benzene rings is 1. The van der Waals surface area contributed by atoms with Crippen molar-refractivity contribution in [1.82, 2.24) is 4.90 Å². The summed E-state index contributed by atoms with van der Waals surface area (Å²) in [4.78, 5) is 25.0. The number of carboxylic acids is 1. The number of morpholine rings is 1. The van der Waals surface area contributed by atoms with Crippen LogP contribution in [-0.4, -0.2) is 47.7 Å². The number of rotatable bonds is 5. The molecule has 21 heavy (non-hydrogen) atoms. The first-order valence-electron chi connectivity index (χ1n) is 7.34. The van der Waals surface area contributed by atoms with E-state index in [9.17, 15) is 14.7 Å². The van der Waals surface area contributed by atoms with Crippen LogP contribution in [-0.2, 0) is 16.0 Å². The quantitative estimate of drug-likeness (QED) is 0.900. The van der Waals surface area contributed by atoms with Crippen LogP contribution in [0.15, 0.2) is 24.3 Å². The molecular weight excluding hydrogens is 270 g/mol. The number of aliphatic carboxylic acids is 1. The molecular formula is C16H21NO4. The second-order valence-electron chi connectivity index (χ2n) is 5.23. The molecule has 1 amide bonds. The van der Waals surface area contributed by atoms with Crippen LogP contribution in [0.4, 0.5) is 0 Å². The highest BCUT2D eigenvalue weighted by Gasteiger charge is 2.33. The first-order chi connectivity index (χ1) is 10.1. The molecule has 0 spiro atoms. The van der Waals surface area contributed by atoms with E-state index in [2.05, 4.69) is 6.92 Å². The molecule has 1 unspecified atom stereocenters. The van der Waals surface area contributed by atoms with Crippen molar-refractivity contribution in [3.8, 4) is 0 Å². The van der Waals surface area contributed by atoms with E-state index in [1.807, 2.05) is 12.1 Å². The number of amides is 1. The molecule has 1 aromatic rings. The van der Waals surface area contributed by atoms with Gasteiger partial charge in [-0.15, -0.1) is 0 Å². The third-order valence-electron chi connectivity index (χ3n) is 3.69. The van der Waals surface area contributed by atoms with Crippen molar-refractivity contribution in [2.75, 3.05) is 19.8 Å². The van der Waals surface area contributed by atoms with Gasteiger partial charge in [0, 0.05) is 12.1 Å². The largest absolute Gasteiger partial charge is 0.480 e. The van der Waals surface area contributed by atoms with Gasteiger partial charge in [-0.2, -0.15) is 0 Å². The second-order valence-corrected chi connectivity index (χ2v) is 5.23. The summed E-state index contributed by atoms with van der Waals surface area (Å²) >= 11 is 0. The van der Waals surface area contributed by atoms with Crippen LogP contribution >= 0.6 is 0 Å². The highest BCUT2D eigenvalue weighted by molar-refractivity contribution is 5.96. The Hall–Kier alpha value is -1.88. The molecule has 0 radical (unpaired) electrons. The van der Waals surface area contributed by atoms with Crippen molar-refractivity contribution in [3.05, 3.63) is 35.4 Å². The maximum atomic E-state index is 12.4. The van der Waals surface area contributed by atoms with Crippen LogP contribution in [0.25, 0.3) is 0 Å². The van der Waals surface area contributed by atoms with Gasteiger partial charge in [-0.25, -0.2) is 4.79 Å². The van der Waals surface area contributed by atoms with E-state index in [1.165, 1.54) is 10.5 Å². The molecule has 1 saturated heterocycles. The summed E-state index contributed by atoms with van der Waals surface area (Å²) in [6.07, 6.45) is 3.26. The molecule has 1 aliphatic heterocycles. The summed E-state index contributed by atoms with van der Waals surface area (Å²) in [5, 5.41) is 9.17. The molecule has 1 fully saturated rings. The summed E-state index contributed by atoms with van der Waals surface area (Å²) in [7, 11) is 0. The molecule has 1 aromatic carbocycles. The predicted molar refractivity (Wildman–Crippen MR) is 78.3 cm³/mol. The predicted octanol–water partition coefficient (Wildman–Crippen LogP) is 1.95. The Balaban J connectivity index is 2.09. The minimum absolute atomic E-state index is 0.0512. The highest BCUT2D eigenvalue weighted by Crippen LogP contribution is 2.14. The van der Waals surface area contributed by atoms with Gasteiger partial charge in [0.2, 0.25) is 0 Å². The van der Waals surface area contributed by atoms with Gasteiger partial charge in [0.1, 0.15) is 0 Å². The van der Waals surface area contributed by atoms with Gasteiger partial charge in [0.25, 0.3) is 5.91 Å². The summed E-state index contributed by atoms with van der Waals surface area (Å²) in [6, 6.07) is 6.55. The van der Waals surface area contributed by atoms with E-state index in [0.717, 1.165) is 19.3 Å². The number of hydrogen-bond acceptors (Lipinski definition) is 3. The smallest absolute Gasteiger partial charge is 0.328 e. The van der Waals surface area contributed by atoms with Crippen LogP contribution in [0.2, 0.25) is 0 Å². The van der Waals surface area contributed by atoms with Crippen molar-refractivity contribution in [3.63, 3.8) is 0 Å². The Bertz CT molecular complexity index is 498. The fourth-order valence-electron chi connectivity index (χ4n) is 2.41. The lowest BCUT2D eigenvalue weighted by atomic mass is 10.1. The molecule has 1 atom stereocenters. The van der Waals surface area contributed by atoms with Gasteiger partial charge in [0.15, 0.2) is 6.04 Å². The zero-order valence-electron chi connectivity index (χ0n) is 12.2. The Labute approximate surface area is 124 Å². The Kier molecular flexibility index (Phi) is 5.33. The minimum Gasteiger partial charge on any atom is -0.480 e. The standard InChI is InChI=1S/C16H21NO4/c1-2-3-4-12-5-7-13(8-6-12)15(18)17-9-10-21-11-14(17)16(19)20/h5-8,14H,2-4,9-11H2,1H3,(H,19,20). The Morgan fingerprint density at radius 1 is 1.33 bits per heavy atom. The van der Waals surface area contributed by atoms with Crippen molar-refractivity contribution in [1.29, 1.82) is 0 Å². The van der Waals surface area contributed by atoms with E-state index in [-0.39, 0.29) is 12.5 Å². The first-order valence-corrected chi connectivity index (χ1v) is 7.34. The molecule has 1 heterocycles. The maximum absolute atomic E-state index is 12.4. The fraction of sp³-hybridized carbons (Fsp3) is 0.500. The SMILES string of the molecule is CCCCc1ccc(C(=O)N2CCOCC2C(=O)O)cc1. The molecule has 2 rings (SSSR count). The summed E-state index contributed by atoms with van der Waals surface area (Å²) in [5.74, 6) is -1.27. The van der Waals surface area contributed by atoms with Crippen LogP contribution < -0.4 is 0 Å². The van der Waals surface area contributed by atoms with Crippen LogP contribution in [0.3, 0.4) is 0 Å². The number of ether oxygens (including phenoxy) is 1. The van der Waals surface area contributed by atoms with Gasteiger partial charge in [0.05, 0.1) is 13.2 Å². The monoisotopic (exact) mass is 291 g/mol. The number of carboxylic acid groups (broad SMARTS) is 1. The second kappa shape index (κ2) is 7.22. The number of nitrogens with zero attached hydrogens (tertiary/aromatic N) is 1. The number of carbonyl (C=O) groups excluding carboxylic acids is 1. The van der Waals surface area contributed by atoms with Gasteiger partial charge in [-0.1, -0.05) is 25.5 Å². The van der Waals surface area contributed by atoms with Crippen LogP contribution in [0.5, 0.6) is 0 Å². The average Bonchev–Trinajstić information content (AvgIpc) is 2.52. The van der Waals surface area contributed by atoms with Gasteiger partial charge in [-0.3, -0.25) is 4.79 Å². The third kappa shape index (κ3) is 3.82. The van der Waals surface area contributed by atoms with E-state index < -0.39 is 12.0 Å². The molecule has 0 aromatic heterocycles. The molecule has 1 N–H and O–H groups in total. The summed E-state index contributed by atoms with van der Waals surface area (Å²) < 4.78 is 5.15. The van der Waals surface area contributed by atoms with E-state index in [0.29, 0.717) is 18.7 Å². The average molecular weight is 291 g/mol. The molecule has 0 aliphatic carbocycles. The normalized spacial score (nSPS) is 18.5. The lowest BCUT2D eigenvalue weighted by molar-refractivity contribution is -0.147. The van der Waals surface area contributed by atoms with Crippen molar-refractivity contribution >= 4 is 11.9 Å². The highest BCUT2D eigenvalue weighted by atomic mass is 16.5. The van der Waals surface area contributed by atoms with E-state index in [1.54, 1.807) is 12.1 Å². The fourth-order valence-corrected chi connectivity index (χ4v) is 2.41. The van der Waals surface area contributed by atoms with Gasteiger partial charge in [-0.05, 0) is 30.5 Å². The molecule has 5 nitrogen and oxygen atoms in total. The summed E-state index contributed by atoms with van der Waals surface area (Å²) in [6.45, 7) is 2.88. The summed E-state index contributed by atoms with van der Waals surface area (Å²) in [5.41, 5.74) is 1.73. The van der Waals surface area contributed by atoms with E-state index in [4.69, 9.17) is 4.74 Å². The molecule has 5 heteroatoms. The molecule has 114 valence electrons. The maximum Gasteiger partial charge on any atom is 0.328 e. The lowest BCUT2D eigenvalue weighted by Crippen LogP contribution is -2.52. The molecule has 1 aliphatic rings. The van der Waals surface area contributed by atoms with Gasteiger partial charge >= 0.3 is 5.97 Å². The molecule has 0 saturated carbocycles. The van der Waals surface area contributed by atoms with Crippen molar-refractivity contribution in [2.24, 2.45) is 0 Å². The van der Waals surface area contributed by atoms with E-state index >= 15 is 0 Å². The minimum atomic E-state index is -1.03. The third-order valence-corrected chi connectivity index (χ3v) is 3.69. The number of hydrogen-bond donors (Lipinski definition) is 1. The zero-order chi connectivity index (χ0) is 15.2. The number of carbonyl (C=O) groups is 2. The van der Waals surface area contributed by atoms with Crippen LogP contribution in [0, 0.1) is 0 Å².